The summed E-state index contributed by atoms with van der Waals surface area (Å²) in [6.45, 7) is 10.5. The average molecular weight is 790 g/mol. The van der Waals surface area contributed by atoms with Gasteiger partial charge in [-0.15, -0.1) is 11.3 Å². The van der Waals surface area contributed by atoms with Gasteiger partial charge in [0.2, 0.25) is 11.8 Å². The van der Waals surface area contributed by atoms with Gasteiger partial charge >= 0.3 is 11.9 Å². The van der Waals surface area contributed by atoms with Crippen LogP contribution in [0.5, 0.6) is 0 Å². The molecule has 304 valence electrons. The summed E-state index contributed by atoms with van der Waals surface area (Å²) in [5.74, 6) is -3.83. The highest BCUT2D eigenvalue weighted by Gasteiger charge is 2.38. The Morgan fingerprint density at radius 2 is 1.71 bits per heavy atom. The van der Waals surface area contributed by atoms with Crippen LogP contribution in [-0.4, -0.2) is 95.9 Å². The number of aromatic nitrogens is 1. The van der Waals surface area contributed by atoms with Crippen molar-refractivity contribution in [3.63, 3.8) is 0 Å². The fourth-order valence-corrected chi connectivity index (χ4v) is 8.32. The number of nitrogens with zero attached hydrogens (tertiary/aromatic N) is 3. The minimum atomic E-state index is -0.895. The lowest BCUT2D eigenvalue weighted by Crippen LogP contribution is -2.56. The van der Waals surface area contributed by atoms with Crippen LogP contribution in [0.2, 0.25) is 0 Å². The number of methoxy groups -OCH3 is 1. The zero-order valence-corrected chi connectivity index (χ0v) is 33.9. The van der Waals surface area contributed by atoms with Gasteiger partial charge in [0, 0.05) is 43.9 Å². The number of nitrogens with one attached hydrogen (secondary N) is 2. The third-order valence-corrected chi connectivity index (χ3v) is 11.5. The van der Waals surface area contributed by atoms with Gasteiger partial charge < -0.3 is 25.0 Å². The van der Waals surface area contributed by atoms with E-state index < -0.39 is 59.6 Å². The summed E-state index contributed by atoms with van der Waals surface area (Å²) in [6, 6.07) is 1.00. The molecule has 4 rings (SSSR count). The SMILES string of the molecule is CCN1CCCC[C@@H]1C(=O)N[C@@H](CC1CC1)C(=O)N(C)[C@H](C[C@@H](OC(C)=O)c1nc(C(=O)N[C@@H](Cc2cc(F)cc(F)c2)C[C@H](C)C(=O)OC)cs1)C(C)C. The van der Waals surface area contributed by atoms with E-state index in [2.05, 4.69) is 20.5 Å². The van der Waals surface area contributed by atoms with Crippen molar-refractivity contribution in [2.45, 2.75) is 123 Å². The molecule has 1 saturated heterocycles. The normalized spacial score (nSPS) is 18.8. The predicted octanol–water partition coefficient (Wildman–Crippen LogP) is 5.60. The van der Waals surface area contributed by atoms with E-state index in [-0.39, 0.29) is 48.7 Å². The van der Waals surface area contributed by atoms with Crippen molar-refractivity contribution in [2.24, 2.45) is 17.8 Å². The summed E-state index contributed by atoms with van der Waals surface area (Å²) in [5, 5.41) is 7.83. The van der Waals surface area contributed by atoms with Gasteiger partial charge in [0.1, 0.15) is 28.4 Å². The van der Waals surface area contributed by atoms with E-state index in [1.165, 1.54) is 31.5 Å². The molecule has 1 aromatic heterocycles. The minimum absolute atomic E-state index is 0.0277. The van der Waals surface area contributed by atoms with Crippen molar-refractivity contribution in [1.82, 2.24) is 25.4 Å². The lowest BCUT2D eigenvalue weighted by Gasteiger charge is -2.37. The number of hydrogen-bond acceptors (Lipinski definition) is 10. The maximum atomic E-state index is 14.2. The van der Waals surface area contributed by atoms with Gasteiger partial charge in [0.15, 0.2) is 6.10 Å². The van der Waals surface area contributed by atoms with Gasteiger partial charge in [-0.1, -0.05) is 47.0 Å². The molecule has 6 atom stereocenters. The van der Waals surface area contributed by atoms with Crippen LogP contribution in [0.25, 0.3) is 0 Å². The lowest BCUT2D eigenvalue weighted by molar-refractivity contribution is -0.149. The molecule has 0 radical (unpaired) electrons. The smallest absolute Gasteiger partial charge is 0.308 e. The van der Waals surface area contributed by atoms with Crippen LogP contribution in [-0.2, 0) is 35.1 Å². The summed E-state index contributed by atoms with van der Waals surface area (Å²) in [6.07, 6.45) is 4.82. The number of hydrogen-bond donors (Lipinski definition) is 2. The quantitative estimate of drug-likeness (QED) is 0.174. The molecule has 1 aromatic carbocycles. The summed E-state index contributed by atoms with van der Waals surface area (Å²) in [5.41, 5.74) is 0.322. The number of benzene rings is 1. The van der Waals surface area contributed by atoms with Crippen molar-refractivity contribution < 1.29 is 42.2 Å². The number of rotatable bonds is 19. The van der Waals surface area contributed by atoms with Gasteiger partial charge in [-0.2, -0.15) is 0 Å². The maximum Gasteiger partial charge on any atom is 0.308 e. The van der Waals surface area contributed by atoms with Crippen molar-refractivity contribution in [1.29, 1.82) is 0 Å². The molecular formula is C40H57F2N5O7S. The molecule has 1 aliphatic heterocycles. The molecule has 12 nitrogen and oxygen atoms in total. The molecule has 2 N–H and O–H groups in total. The zero-order valence-electron chi connectivity index (χ0n) is 33.1. The molecule has 2 fully saturated rings. The Labute approximate surface area is 327 Å². The maximum absolute atomic E-state index is 14.2. The van der Waals surface area contributed by atoms with Crippen LogP contribution in [0.4, 0.5) is 8.78 Å². The molecular weight excluding hydrogens is 733 g/mol. The number of likely N-dealkylation sites (N-methyl/N-ethyl adjacent to an activating group) is 2. The zero-order chi connectivity index (χ0) is 40.4. The number of carbonyl (C=O) groups is 5. The Morgan fingerprint density at radius 3 is 2.31 bits per heavy atom. The van der Waals surface area contributed by atoms with Crippen LogP contribution >= 0.6 is 11.3 Å². The second-order valence-electron chi connectivity index (χ2n) is 15.4. The Kier molecular flexibility index (Phi) is 16.1. The van der Waals surface area contributed by atoms with E-state index in [0.717, 1.165) is 62.6 Å². The first-order valence-electron chi connectivity index (χ1n) is 19.4. The van der Waals surface area contributed by atoms with Gasteiger partial charge in [0.05, 0.1) is 19.1 Å². The van der Waals surface area contributed by atoms with E-state index in [1.54, 1.807) is 18.9 Å². The Morgan fingerprint density at radius 1 is 1.02 bits per heavy atom. The first-order valence-corrected chi connectivity index (χ1v) is 20.2. The number of amides is 3. The molecule has 3 amide bonds. The molecule has 2 heterocycles. The van der Waals surface area contributed by atoms with E-state index in [4.69, 9.17) is 9.47 Å². The number of thiazole rings is 1. The molecule has 1 aliphatic carbocycles. The van der Waals surface area contributed by atoms with Crippen LogP contribution in [0, 0.1) is 29.4 Å². The fraction of sp³-hybridized carbons (Fsp3) is 0.650. The second kappa shape index (κ2) is 20.3. The van der Waals surface area contributed by atoms with E-state index in [1.807, 2.05) is 20.8 Å². The highest BCUT2D eigenvalue weighted by Crippen LogP contribution is 2.35. The van der Waals surface area contributed by atoms with Crippen LogP contribution in [0.1, 0.15) is 113 Å². The van der Waals surface area contributed by atoms with E-state index >= 15 is 0 Å². The third kappa shape index (κ3) is 12.8. The molecule has 2 aliphatic rings. The number of carbonyl (C=O) groups excluding carboxylic acids is 5. The Balaban J connectivity index is 1.51. The first-order chi connectivity index (χ1) is 26.1. The summed E-state index contributed by atoms with van der Waals surface area (Å²) in [4.78, 5) is 74.3. The minimum Gasteiger partial charge on any atom is -0.469 e. The van der Waals surface area contributed by atoms with E-state index in [0.29, 0.717) is 22.9 Å². The summed E-state index contributed by atoms with van der Waals surface area (Å²) >= 11 is 1.12. The van der Waals surface area contributed by atoms with Crippen LogP contribution < -0.4 is 10.6 Å². The van der Waals surface area contributed by atoms with Crippen molar-refractivity contribution >= 4 is 41.0 Å². The number of likely N-dealkylation sites (tertiary alicyclic amines) is 1. The molecule has 0 unspecified atom stereocenters. The third-order valence-electron chi connectivity index (χ3n) is 10.6. The largest absolute Gasteiger partial charge is 0.469 e. The van der Waals surface area contributed by atoms with Crippen LogP contribution in [0.15, 0.2) is 23.6 Å². The second-order valence-corrected chi connectivity index (χ2v) is 16.2. The van der Waals surface area contributed by atoms with Gasteiger partial charge in [-0.25, -0.2) is 13.8 Å². The number of esters is 2. The van der Waals surface area contributed by atoms with Crippen molar-refractivity contribution in [3.05, 3.63) is 51.5 Å². The average Bonchev–Trinajstić information content (AvgIpc) is 3.81. The standard InChI is InChI=1S/C40H57F2N5O7S/c1-8-47-14-10-9-11-33(47)37(50)44-31(19-26-12-13-26)39(51)46(6)34(23(2)3)21-35(54-25(5)48)38-45-32(22-55-38)36(49)43-30(15-24(4)40(52)53-7)18-27-16-28(41)20-29(42)17-27/h16-17,20,22-24,26,30-31,33-35H,8-15,18-19,21H2,1-7H3,(H,43,49)(H,44,50)/t24-,30+,31-,33+,34+,35+/m0/s1. The first kappa shape index (κ1) is 43.7. The summed E-state index contributed by atoms with van der Waals surface area (Å²) < 4.78 is 38.6. The number of halogens is 2. The number of piperidine rings is 1. The van der Waals surface area contributed by atoms with Gasteiger partial charge in [-0.05, 0) is 74.7 Å². The molecule has 55 heavy (non-hydrogen) atoms. The topological polar surface area (TPSA) is 147 Å². The van der Waals surface area contributed by atoms with Gasteiger partial charge in [-0.3, -0.25) is 28.9 Å². The summed E-state index contributed by atoms with van der Waals surface area (Å²) in [7, 11) is 2.97. The Bertz CT molecular complexity index is 1630. The molecule has 2 aromatic rings. The Hall–Kier alpha value is -3.98. The van der Waals surface area contributed by atoms with Crippen LogP contribution in [0.3, 0.4) is 0 Å². The predicted molar refractivity (Wildman–Crippen MR) is 204 cm³/mol. The monoisotopic (exact) mass is 789 g/mol. The van der Waals surface area contributed by atoms with Gasteiger partial charge in [0.25, 0.3) is 5.91 Å². The highest BCUT2D eigenvalue weighted by molar-refractivity contribution is 7.09. The lowest BCUT2D eigenvalue weighted by atomic mass is 9.95. The van der Waals surface area contributed by atoms with E-state index in [9.17, 15) is 32.8 Å². The number of ether oxygens (including phenoxy) is 2. The molecule has 0 bridgehead atoms. The molecule has 1 saturated carbocycles. The highest BCUT2D eigenvalue weighted by atomic mass is 32.1. The fourth-order valence-electron chi connectivity index (χ4n) is 7.48. The molecule has 0 spiro atoms. The van der Waals surface area contributed by atoms with Crippen molar-refractivity contribution in [2.75, 3.05) is 27.2 Å². The van der Waals surface area contributed by atoms with Crippen molar-refractivity contribution in [3.8, 4) is 0 Å². The molecule has 15 heteroatoms.